The number of amides is 3. The highest BCUT2D eigenvalue weighted by Crippen LogP contribution is 2.41. The van der Waals surface area contributed by atoms with Crippen LogP contribution in [0.25, 0.3) is 0 Å². The molecular formula is C30H28Cl3N3O3. The second-order valence-electron chi connectivity index (χ2n) is 10.2. The molecule has 1 aliphatic heterocycles. The largest absolute Gasteiger partial charge is 0.340 e. The van der Waals surface area contributed by atoms with E-state index in [1.165, 1.54) is 0 Å². The normalized spacial score (nSPS) is 19.7. The predicted molar refractivity (Wildman–Crippen MR) is 154 cm³/mol. The van der Waals surface area contributed by atoms with Crippen LogP contribution < -0.4 is 5.32 Å². The predicted octanol–water partition coefficient (Wildman–Crippen LogP) is 6.07. The van der Waals surface area contributed by atoms with Gasteiger partial charge in [0.1, 0.15) is 5.54 Å². The van der Waals surface area contributed by atoms with Gasteiger partial charge < -0.3 is 15.1 Å². The van der Waals surface area contributed by atoms with Crippen LogP contribution >= 0.6 is 34.8 Å². The summed E-state index contributed by atoms with van der Waals surface area (Å²) in [5, 5.41) is 4.40. The number of halogens is 3. The van der Waals surface area contributed by atoms with Crippen molar-refractivity contribution in [2.75, 3.05) is 20.1 Å². The molecule has 1 aliphatic carbocycles. The molecule has 1 heterocycles. The molecule has 3 amide bonds. The molecule has 1 saturated heterocycles. The van der Waals surface area contributed by atoms with Crippen LogP contribution in [0.5, 0.6) is 0 Å². The lowest BCUT2D eigenvalue weighted by atomic mass is 9.84. The van der Waals surface area contributed by atoms with Crippen LogP contribution in [-0.2, 0) is 4.79 Å². The third-order valence-corrected chi connectivity index (χ3v) is 8.68. The van der Waals surface area contributed by atoms with Crippen molar-refractivity contribution in [3.8, 4) is 0 Å². The van der Waals surface area contributed by atoms with Gasteiger partial charge in [-0.05, 0) is 73.4 Å². The van der Waals surface area contributed by atoms with Gasteiger partial charge in [-0.1, -0.05) is 59.1 Å². The zero-order valence-electron chi connectivity index (χ0n) is 21.4. The highest BCUT2D eigenvalue weighted by Gasteiger charge is 2.54. The molecule has 1 N–H and O–H groups in total. The molecule has 2 fully saturated rings. The Morgan fingerprint density at radius 3 is 2.23 bits per heavy atom. The van der Waals surface area contributed by atoms with Gasteiger partial charge in [-0.3, -0.25) is 14.4 Å². The Bertz CT molecular complexity index is 1390. The van der Waals surface area contributed by atoms with Gasteiger partial charge in [0, 0.05) is 48.2 Å². The van der Waals surface area contributed by atoms with Gasteiger partial charge in [-0.15, -0.1) is 0 Å². The molecule has 0 radical (unpaired) electrons. The van der Waals surface area contributed by atoms with Gasteiger partial charge in [-0.2, -0.15) is 0 Å². The number of piperidine rings is 1. The highest BCUT2D eigenvalue weighted by atomic mass is 35.5. The second kappa shape index (κ2) is 11.2. The van der Waals surface area contributed by atoms with E-state index in [9.17, 15) is 14.4 Å². The fraction of sp³-hybridized carbons (Fsp3) is 0.300. The van der Waals surface area contributed by atoms with Gasteiger partial charge in [0.15, 0.2) is 0 Å². The summed E-state index contributed by atoms with van der Waals surface area (Å²) in [6.45, 7) is 0.838. The SMILES string of the molecule is CN(C(=O)c1ccc(Cl)cc1)[C@@H]1CCN(C(=O)C2(NC(=O)c3ccccc3)CC2)C[C@H]1c1ccc(Cl)c(Cl)c1. The van der Waals surface area contributed by atoms with Crippen molar-refractivity contribution in [1.29, 1.82) is 0 Å². The summed E-state index contributed by atoms with van der Waals surface area (Å²) in [4.78, 5) is 43.6. The maximum Gasteiger partial charge on any atom is 0.253 e. The highest BCUT2D eigenvalue weighted by molar-refractivity contribution is 6.42. The quantitative estimate of drug-likeness (QED) is 0.383. The molecule has 1 saturated carbocycles. The van der Waals surface area contributed by atoms with E-state index in [0.717, 1.165) is 5.56 Å². The molecule has 2 aliphatic rings. The van der Waals surface area contributed by atoms with Crippen LogP contribution in [0.4, 0.5) is 0 Å². The first-order valence-corrected chi connectivity index (χ1v) is 14.0. The maximum atomic E-state index is 13.8. The third-order valence-electron chi connectivity index (χ3n) is 7.69. The Morgan fingerprint density at radius 1 is 0.897 bits per heavy atom. The van der Waals surface area contributed by atoms with Gasteiger partial charge in [0.25, 0.3) is 11.8 Å². The standard InChI is InChI=1S/C30H28Cl3N3O3/c1-35(28(38)20-7-10-22(31)11-8-20)26-13-16-36(18-23(26)21-9-12-24(32)25(33)17-21)29(39)30(14-15-30)34-27(37)19-5-3-2-4-6-19/h2-12,17,23,26H,13-16,18H2,1H3,(H,34,37)/t23-,26+/m0/s1. The molecule has 9 heteroatoms. The third kappa shape index (κ3) is 5.79. The first-order chi connectivity index (χ1) is 18.7. The summed E-state index contributed by atoms with van der Waals surface area (Å²) >= 11 is 18.6. The summed E-state index contributed by atoms with van der Waals surface area (Å²) < 4.78 is 0. The average molecular weight is 585 g/mol. The number of nitrogens with zero attached hydrogens (tertiary/aromatic N) is 2. The Morgan fingerprint density at radius 2 is 1.59 bits per heavy atom. The molecule has 2 atom stereocenters. The zero-order chi connectivity index (χ0) is 27.7. The lowest BCUT2D eigenvalue weighted by Crippen LogP contribution is -2.57. The van der Waals surface area contributed by atoms with Crippen molar-refractivity contribution in [1.82, 2.24) is 15.1 Å². The number of carbonyl (C=O) groups excluding carboxylic acids is 3. The summed E-state index contributed by atoms with van der Waals surface area (Å²) in [5.41, 5.74) is 1.05. The lowest BCUT2D eigenvalue weighted by Gasteiger charge is -2.44. The minimum atomic E-state index is -0.896. The zero-order valence-corrected chi connectivity index (χ0v) is 23.6. The summed E-state index contributed by atoms with van der Waals surface area (Å²) in [5.74, 6) is -0.692. The lowest BCUT2D eigenvalue weighted by molar-refractivity contribution is -0.136. The topological polar surface area (TPSA) is 69.7 Å². The molecule has 0 spiro atoms. The number of hydrogen-bond donors (Lipinski definition) is 1. The molecular weight excluding hydrogens is 557 g/mol. The first-order valence-electron chi connectivity index (χ1n) is 12.8. The van der Waals surface area contributed by atoms with E-state index >= 15 is 0 Å². The molecule has 0 bridgehead atoms. The van der Waals surface area contributed by atoms with Crippen molar-refractivity contribution in [2.45, 2.75) is 36.8 Å². The van der Waals surface area contributed by atoms with Crippen LogP contribution in [0.15, 0.2) is 72.8 Å². The van der Waals surface area contributed by atoms with Gasteiger partial charge in [-0.25, -0.2) is 0 Å². The molecule has 6 nitrogen and oxygen atoms in total. The van der Waals surface area contributed by atoms with E-state index in [1.54, 1.807) is 72.6 Å². The van der Waals surface area contributed by atoms with E-state index in [0.29, 0.717) is 58.5 Å². The van der Waals surface area contributed by atoms with Crippen molar-refractivity contribution in [2.24, 2.45) is 0 Å². The van der Waals surface area contributed by atoms with E-state index in [2.05, 4.69) is 5.32 Å². The molecule has 3 aromatic carbocycles. The fourth-order valence-electron chi connectivity index (χ4n) is 5.30. The van der Waals surface area contributed by atoms with Gasteiger partial charge in [0.2, 0.25) is 5.91 Å². The molecule has 0 unspecified atom stereocenters. The average Bonchev–Trinajstić information content (AvgIpc) is 3.74. The van der Waals surface area contributed by atoms with E-state index < -0.39 is 5.54 Å². The first kappa shape index (κ1) is 27.5. The number of likely N-dealkylation sites (N-methyl/N-ethyl adjacent to an activating group) is 1. The Labute approximate surface area is 242 Å². The van der Waals surface area contributed by atoms with Crippen LogP contribution in [0, 0.1) is 0 Å². The van der Waals surface area contributed by atoms with Crippen molar-refractivity contribution < 1.29 is 14.4 Å². The fourth-order valence-corrected chi connectivity index (χ4v) is 5.74. The number of nitrogens with one attached hydrogen (secondary N) is 1. The number of rotatable bonds is 6. The van der Waals surface area contributed by atoms with Crippen molar-refractivity contribution in [3.63, 3.8) is 0 Å². The van der Waals surface area contributed by atoms with Gasteiger partial charge in [0.05, 0.1) is 10.0 Å². The van der Waals surface area contributed by atoms with Crippen LogP contribution in [-0.4, -0.2) is 59.2 Å². The molecule has 39 heavy (non-hydrogen) atoms. The molecule has 5 rings (SSSR count). The number of benzene rings is 3. The summed E-state index contributed by atoms with van der Waals surface area (Å²) in [6, 6.07) is 20.9. The Kier molecular flexibility index (Phi) is 7.90. The number of hydrogen-bond acceptors (Lipinski definition) is 3. The maximum absolute atomic E-state index is 13.8. The van der Waals surface area contributed by atoms with Crippen LogP contribution in [0.1, 0.15) is 51.5 Å². The van der Waals surface area contributed by atoms with Gasteiger partial charge >= 0.3 is 0 Å². The minimum Gasteiger partial charge on any atom is -0.340 e. The van der Waals surface area contributed by atoms with E-state index in [1.807, 2.05) is 17.0 Å². The number of carbonyl (C=O) groups is 3. The molecule has 0 aromatic heterocycles. The Hall–Kier alpha value is -3.06. The minimum absolute atomic E-state index is 0.0954. The summed E-state index contributed by atoms with van der Waals surface area (Å²) in [6.07, 6.45) is 1.75. The molecule has 3 aromatic rings. The summed E-state index contributed by atoms with van der Waals surface area (Å²) in [7, 11) is 1.78. The van der Waals surface area contributed by atoms with E-state index in [4.69, 9.17) is 34.8 Å². The molecule has 202 valence electrons. The van der Waals surface area contributed by atoms with Crippen molar-refractivity contribution >= 4 is 52.5 Å². The van der Waals surface area contributed by atoms with Crippen LogP contribution in [0.3, 0.4) is 0 Å². The van der Waals surface area contributed by atoms with E-state index in [-0.39, 0.29) is 29.7 Å². The second-order valence-corrected chi connectivity index (χ2v) is 11.5. The van der Waals surface area contributed by atoms with Crippen LogP contribution in [0.2, 0.25) is 15.1 Å². The monoisotopic (exact) mass is 583 g/mol. The smallest absolute Gasteiger partial charge is 0.253 e. The van der Waals surface area contributed by atoms with Crippen molar-refractivity contribution in [3.05, 3.63) is 105 Å². The Balaban J connectivity index is 1.38. The number of likely N-dealkylation sites (tertiary alicyclic amines) is 1.